The molecule has 0 atom stereocenters. The Kier molecular flexibility index (Phi) is 7.34. The van der Waals surface area contributed by atoms with Crippen molar-refractivity contribution in [2.75, 3.05) is 24.6 Å². The number of hydrogen-bond donors (Lipinski definition) is 3. The van der Waals surface area contributed by atoms with Crippen molar-refractivity contribution in [3.8, 4) is 0 Å². The van der Waals surface area contributed by atoms with E-state index in [4.69, 9.17) is 9.94 Å². The number of pyridine rings is 1. The molecule has 0 unspecified atom stereocenters. The molecule has 2 aliphatic rings. The maximum Gasteiger partial charge on any atom is 0.428 e. The number of nitrogens with one attached hydrogen (secondary N) is 1. The van der Waals surface area contributed by atoms with Crippen LogP contribution in [-0.4, -0.2) is 46.5 Å². The average Bonchev–Trinajstić information content (AvgIpc) is 3.61. The summed E-state index contributed by atoms with van der Waals surface area (Å²) < 4.78 is 16.7. The minimum Gasteiger partial charge on any atom is -0.477 e. The monoisotopic (exact) mass is 449 g/mol. The first kappa shape index (κ1) is 23.5. The molecular weight excluding hydrogens is 421 g/mol. The number of aromatic nitrogens is 1. The van der Waals surface area contributed by atoms with Crippen molar-refractivity contribution >= 4 is 28.7 Å². The highest BCUT2D eigenvalue weighted by Gasteiger charge is 2.28. The molecule has 1 aliphatic heterocycles. The van der Waals surface area contributed by atoms with Gasteiger partial charge in [-0.2, -0.15) is 5.48 Å². The van der Waals surface area contributed by atoms with Crippen molar-refractivity contribution in [2.45, 2.75) is 45.6 Å². The van der Waals surface area contributed by atoms with Crippen LogP contribution in [0.15, 0.2) is 23.1 Å². The molecule has 2 heterocycles. The summed E-state index contributed by atoms with van der Waals surface area (Å²) in [6.45, 7) is 5.37. The van der Waals surface area contributed by atoms with E-state index in [9.17, 15) is 23.9 Å². The van der Waals surface area contributed by atoms with E-state index in [0.717, 1.165) is 18.9 Å². The zero-order valence-electron chi connectivity index (χ0n) is 18.1. The highest BCUT2D eigenvalue weighted by atomic mass is 19.1. The number of benzene rings is 1. The number of amides is 1. The highest BCUT2D eigenvalue weighted by molar-refractivity contribution is 5.93. The normalized spacial score (nSPS) is 16.4. The number of aromatic carboxylic acids is 1. The van der Waals surface area contributed by atoms with Gasteiger partial charge in [-0.05, 0) is 43.7 Å². The predicted octanol–water partition coefficient (Wildman–Crippen LogP) is 3.62. The zero-order valence-corrected chi connectivity index (χ0v) is 18.1. The van der Waals surface area contributed by atoms with Gasteiger partial charge in [0.15, 0.2) is 0 Å². The Labute approximate surface area is 184 Å². The van der Waals surface area contributed by atoms with E-state index >= 15 is 0 Å². The lowest BCUT2D eigenvalue weighted by Crippen LogP contribution is -2.37. The van der Waals surface area contributed by atoms with Gasteiger partial charge >= 0.3 is 12.1 Å². The van der Waals surface area contributed by atoms with Gasteiger partial charge in [-0.15, -0.1) is 0 Å². The Morgan fingerprint density at radius 2 is 1.81 bits per heavy atom. The van der Waals surface area contributed by atoms with Crippen LogP contribution in [0.4, 0.5) is 14.9 Å². The van der Waals surface area contributed by atoms with Crippen LogP contribution in [0, 0.1) is 11.7 Å². The van der Waals surface area contributed by atoms with Gasteiger partial charge in [-0.1, -0.05) is 13.8 Å². The van der Waals surface area contributed by atoms with Gasteiger partial charge in [0.1, 0.15) is 11.4 Å². The Hall–Kier alpha value is -3.14. The van der Waals surface area contributed by atoms with Gasteiger partial charge in [0, 0.05) is 30.7 Å². The standard InChI is InChI=1S/C20H22FN3O6.C2H6/c21-15-7-13-16(24(12-1-2-12)9-14(18(13)25)19(26)27)8-17(15)23-5-3-11(4-6-23)10-30-22-20(28)29;1-2/h7-9,11-12,22H,1-6,10H2,(H,26,27)(H,28,29);1-2H3. The van der Waals surface area contributed by atoms with Gasteiger partial charge in [-0.25, -0.2) is 14.0 Å². The third-order valence-electron chi connectivity index (χ3n) is 5.71. The Morgan fingerprint density at radius 3 is 2.38 bits per heavy atom. The summed E-state index contributed by atoms with van der Waals surface area (Å²) in [6.07, 6.45) is 3.29. The molecule has 0 spiro atoms. The van der Waals surface area contributed by atoms with Crippen LogP contribution in [0.3, 0.4) is 0 Å². The Bertz CT molecular complexity index is 1060. The van der Waals surface area contributed by atoms with Gasteiger partial charge < -0.3 is 19.7 Å². The van der Waals surface area contributed by atoms with Crippen LogP contribution >= 0.6 is 0 Å². The van der Waals surface area contributed by atoms with E-state index in [1.165, 1.54) is 6.20 Å². The molecule has 32 heavy (non-hydrogen) atoms. The van der Waals surface area contributed by atoms with Crippen molar-refractivity contribution in [1.82, 2.24) is 10.0 Å². The molecule has 3 N–H and O–H groups in total. The van der Waals surface area contributed by atoms with Gasteiger partial charge in [0.25, 0.3) is 0 Å². The molecule has 1 saturated heterocycles. The van der Waals surface area contributed by atoms with Crippen LogP contribution < -0.4 is 15.8 Å². The number of nitrogens with zero attached hydrogens (tertiary/aromatic N) is 2. The van der Waals surface area contributed by atoms with Crippen LogP contribution in [0.2, 0.25) is 0 Å². The van der Waals surface area contributed by atoms with E-state index in [1.807, 2.05) is 24.2 Å². The first-order valence-corrected chi connectivity index (χ1v) is 10.8. The fraction of sp³-hybridized carbons (Fsp3) is 0.500. The van der Waals surface area contributed by atoms with Crippen LogP contribution in [0.5, 0.6) is 0 Å². The second-order valence-electron chi connectivity index (χ2n) is 7.78. The minimum absolute atomic E-state index is 0.0751. The van der Waals surface area contributed by atoms with Crippen LogP contribution in [0.25, 0.3) is 10.9 Å². The number of fused-ring (bicyclic) bond motifs is 1. The highest BCUT2D eigenvalue weighted by Crippen LogP contribution is 2.38. The van der Waals surface area contributed by atoms with Crippen molar-refractivity contribution in [3.05, 3.63) is 39.9 Å². The van der Waals surface area contributed by atoms with Crippen molar-refractivity contribution in [1.29, 1.82) is 0 Å². The average molecular weight is 449 g/mol. The fourth-order valence-electron chi connectivity index (χ4n) is 3.97. The fourth-order valence-corrected chi connectivity index (χ4v) is 3.97. The van der Waals surface area contributed by atoms with Gasteiger partial charge in [0.05, 0.1) is 17.8 Å². The lowest BCUT2D eigenvalue weighted by Gasteiger charge is -2.33. The van der Waals surface area contributed by atoms with E-state index in [0.29, 0.717) is 37.1 Å². The third kappa shape index (κ3) is 5.01. The predicted molar refractivity (Wildman–Crippen MR) is 117 cm³/mol. The SMILES string of the molecule is CC.O=C(O)NOCC1CCN(c2cc3c(cc2F)c(=O)c(C(=O)O)cn3C2CC2)CC1. The van der Waals surface area contributed by atoms with E-state index in [-0.39, 0.29) is 29.5 Å². The van der Waals surface area contributed by atoms with Crippen molar-refractivity contribution < 1.29 is 29.0 Å². The summed E-state index contributed by atoms with van der Waals surface area (Å²) in [5, 5.41) is 17.9. The first-order valence-electron chi connectivity index (χ1n) is 10.8. The topological polar surface area (TPSA) is 121 Å². The Balaban J connectivity index is 0.00000141. The molecule has 1 amide bonds. The molecule has 9 nitrogen and oxygen atoms in total. The first-order chi connectivity index (χ1) is 15.3. The van der Waals surface area contributed by atoms with Crippen LogP contribution in [-0.2, 0) is 4.84 Å². The molecule has 10 heteroatoms. The molecule has 2 fully saturated rings. The summed E-state index contributed by atoms with van der Waals surface area (Å²) in [4.78, 5) is 41.3. The number of hydrogen-bond acceptors (Lipinski definition) is 5. The number of halogens is 1. The van der Waals surface area contributed by atoms with Crippen LogP contribution in [0.1, 0.15) is 55.9 Å². The maximum atomic E-state index is 14.9. The molecule has 0 bridgehead atoms. The molecule has 2 aromatic rings. The number of hydroxylamine groups is 1. The van der Waals surface area contributed by atoms with Gasteiger partial charge in [0.2, 0.25) is 5.43 Å². The van der Waals surface area contributed by atoms with E-state index in [2.05, 4.69) is 0 Å². The third-order valence-corrected chi connectivity index (χ3v) is 5.71. The molecule has 1 aromatic heterocycles. The number of piperidine rings is 1. The number of rotatable bonds is 6. The number of carboxylic acids is 1. The largest absolute Gasteiger partial charge is 0.477 e. The second-order valence-corrected chi connectivity index (χ2v) is 7.78. The lowest BCUT2D eigenvalue weighted by molar-refractivity contribution is 0.0172. The van der Waals surface area contributed by atoms with Gasteiger partial charge in [-0.3, -0.25) is 9.63 Å². The molecule has 1 aliphatic carbocycles. The number of anilines is 1. The second kappa shape index (κ2) is 9.99. The Morgan fingerprint density at radius 1 is 1.16 bits per heavy atom. The summed E-state index contributed by atoms with van der Waals surface area (Å²) >= 11 is 0. The number of carboxylic acid groups (broad SMARTS) is 2. The molecule has 1 aromatic carbocycles. The summed E-state index contributed by atoms with van der Waals surface area (Å²) in [5.74, 6) is -1.73. The van der Waals surface area contributed by atoms with Crippen molar-refractivity contribution in [2.24, 2.45) is 5.92 Å². The number of carbonyl (C=O) groups is 2. The lowest BCUT2D eigenvalue weighted by atomic mass is 9.97. The summed E-state index contributed by atoms with van der Waals surface area (Å²) in [7, 11) is 0. The zero-order chi connectivity index (χ0) is 23.4. The molecule has 4 rings (SSSR count). The summed E-state index contributed by atoms with van der Waals surface area (Å²) in [5.41, 5.74) is 1.76. The quantitative estimate of drug-likeness (QED) is 0.576. The molecule has 1 saturated carbocycles. The van der Waals surface area contributed by atoms with E-state index < -0.39 is 23.3 Å². The molecular formula is C22H28FN3O6. The maximum absolute atomic E-state index is 14.9. The summed E-state index contributed by atoms with van der Waals surface area (Å²) in [6, 6.07) is 2.90. The van der Waals surface area contributed by atoms with E-state index in [1.54, 1.807) is 10.6 Å². The molecule has 0 radical (unpaired) electrons. The minimum atomic E-state index is -1.32. The molecule has 174 valence electrons. The smallest absolute Gasteiger partial charge is 0.428 e. The van der Waals surface area contributed by atoms with Crippen molar-refractivity contribution in [3.63, 3.8) is 0 Å².